The van der Waals surface area contributed by atoms with Crippen LogP contribution in [0.25, 0.3) is 0 Å². The normalized spacial score (nSPS) is 11.9. The van der Waals surface area contributed by atoms with Gasteiger partial charge in [-0.1, -0.05) is 18.2 Å². The number of hydrogen-bond acceptors (Lipinski definition) is 3. The van der Waals surface area contributed by atoms with Crippen LogP contribution in [0, 0.1) is 5.82 Å². The van der Waals surface area contributed by atoms with Crippen LogP contribution in [0.3, 0.4) is 0 Å². The lowest BCUT2D eigenvalue weighted by Gasteiger charge is -2.27. The van der Waals surface area contributed by atoms with Crippen molar-refractivity contribution in [2.75, 3.05) is 7.05 Å². The minimum atomic E-state index is -0.510. The summed E-state index contributed by atoms with van der Waals surface area (Å²) in [4.78, 5) is 18.4. The number of halogens is 1. The van der Waals surface area contributed by atoms with E-state index in [9.17, 15) is 9.18 Å². The molecular formula is C18H15FN2O2. The van der Waals surface area contributed by atoms with E-state index in [4.69, 9.17) is 4.42 Å². The van der Waals surface area contributed by atoms with Crippen molar-refractivity contribution in [3.63, 3.8) is 0 Å². The van der Waals surface area contributed by atoms with Crippen molar-refractivity contribution in [2.45, 2.75) is 6.04 Å². The molecule has 3 rings (SSSR count). The third-order valence-corrected chi connectivity index (χ3v) is 3.57. The van der Waals surface area contributed by atoms with Gasteiger partial charge in [-0.25, -0.2) is 4.39 Å². The first-order valence-corrected chi connectivity index (χ1v) is 7.14. The van der Waals surface area contributed by atoms with E-state index < -0.39 is 6.04 Å². The van der Waals surface area contributed by atoms with E-state index in [0.717, 1.165) is 0 Å². The van der Waals surface area contributed by atoms with Crippen molar-refractivity contribution in [3.05, 3.63) is 89.9 Å². The Hall–Kier alpha value is -2.95. The average molecular weight is 310 g/mol. The molecule has 4 nitrogen and oxygen atoms in total. The molecule has 0 N–H and O–H groups in total. The molecule has 0 bridgehead atoms. The average Bonchev–Trinajstić information content (AvgIpc) is 3.10. The van der Waals surface area contributed by atoms with Crippen LogP contribution in [-0.4, -0.2) is 22.8 Å². The Labute approximate surface area is 133 Å². The lowest BCUT2D eigenvalue weighted by Crippen LogP contribution is -2.32. The van der Waals surface area contributed by atoms with Crippen LogP contribution in [0.1, 0.15) is 27.9 Å². The molecule has 23 heavy (non-hydrogen) atoms. The van der Waals surface area contributed by atoms with E-state index in [1.54, 1.807) is 43.6 Å². The number of amides is 1. The Balaban J connectivity index is 2.03. The number of pyridine rings is 1. The molecule has 0 saturated heterocycles. The standard InChI is InChI=1S/C18H15FN2O2/c1-21(18(22)16-9-5-11-23-16)17(15-8-2-3-10-20-15)13-6-4-7-14(19)12-13/h2-12,17H,1H3. The number of benzene rings is 1. The highest BCUT2D eigenvalue weighted by atomic mass is 19.1. The molecule has 0 spiro atoms. The fourth-order valence-electron chi connectivity index (χ4n) is 2.50. The van der Waals surface area contributed by atoms with E-state index in [1.165, 1.54) is 23.3 Å². The Bertz CT molecular complexity index is 788. The van der Waals surface area contributed by atoms with Gasteiger partial charge >= 0.3 is 0 Å². The lowest BCUT2D eigenvalue weighted by atomic mass is 10.0. The first-order valence-electron chi connectivity index (χ1n) is 7.14. The number of carbonyl (C=O) groups is 1. The largest absolute Gasteiger partial charge is 0.459 e. The Kier molecular flexibility index (Phi) is 4.19. The van der Waals surface area contributed by atoms with Crippen molar-refractivity contribution in [2.24, 2.45) is 0 Å². The van der Waals surface area contributed by atoms with E-state index >= 15 is 0 Å². The van der Waals surface area contributed by atoms with Crippen LogP contribution in [0.15, 0.2) is 71.5 Å². The summed E-state index contributed by atoms with van der Waals surface area (Å²) in [5, 5.41) is 0. The van der Waals surface area contributed by atoms with Gasteiger partial charge in [-0.2, -0.15) is 0 Å². The number of hydrogen-bond donors (Lipinski definition) is 0. The van der Waals surface area contributed by atoms with Gasteiger partial charge in [-0.05, 0) is 42.0 Å². The summed E-state index contributed by atoms with van der Waals surface area (Å²) >= 11 is 0. The molecule has 3 aromatic rings. The molecule has 1 amide bonds. The second-order valence-electron chi connectivity index (χ2n) is 5.11. The van der Waals surface area contributed by atoms with Crippen LogP contribution < -0.4 is 0 Å². The van der Waals surface area contributed by atoms with Crippen molar-refractivity contribution < 1.29 is 13.6 Å². The molecule has 5 heteroatoms. The van der Waals surface area contributed by atoms with Gasteiger partial charge in [0.25, 0.3) is 5.91 Å². The highest BCUT2D eigenvalue weighted by Crippen LogP contribution is 2.28. The van der Waals surface area contributed by atoms with Gasteiger partial charge in [0.15, 0.2) is 5.76 Å². The van der Waals surface area contributed by atoms with Crippen molar-refractivity contribution in [3.8, 4) is 0 Å². The molecular weight excluding hydrogens is 295 g/mol. The zero-order valence-electron chi connectivity index (χ0n) is 12.5. The summed E-state index contributed by atoms with van der Waals surface area (Å²) in [5.74, 6) is -0.429. The zero-order chi connectivity index (χ0) is 16.2. The predicted octanol–water partition coefficient (Wildman–Crippen LogP) is 3.68. The van der Waals surface area contributed by atoms with Gasteiger partial charge in [0, 0.05) is 13.2 Å². The van der Waals surface area contributed by atoms with Crippen LogP contribution in [0.5, 0.6) is 0 Å². The molecule has 2 aromatic heterocycles. The van der Waals surface area contributed by atoms with Crippen molar-refractivity contribution in [1.29, 1.82) is 0 Å². The molecule has 0 aliphatic rings. The van der Waals surface area contributed by atoms with Crippen LogP contribution in [0.4, 0.5) is 4.39 Å². The van der Waals surface area contributed by atoms with Crippen LogP contribution >= 0.6 is 0 Å². The highest BCUT2D eigenvalue weighted by molar-refractivity contribution is 5.91. The van der Waals surface area contributed by atoms with Gasteiger partial charge in [0.1, 0.15) is 5.82 Å². The Morgan fingerprint density at radius 1 is 1.17 bits per heavy atom. The van der Waals surface area contributed by atoms with Crippen LogP contribution in [0.2, 0.25) is 0 Å². The summed E-state index contributed by atoms with van der Waals surface area (Å²) in [7, 11) is 1.65. The monoisotopic (exact) mass is 310 g/mol. The molecule has 1 atom stereocenters. The molecule has 2 heterocycles. The van der Waals surface area contributed by atoms with Gasteiger partial charge in [0.2, 0.25) is 0 Å². The summed E-state index contributed by atoms with van der Waals surface area (Å²) in [6.07, 6.45) is 3.09. The summed E-state index contributed by atoms with van der Waals surface area (Å²) < 4.78 is 18.8. The maximum atomic E-state index is 13.6. The van der Waals surface area contributed by atoms with Gasteiger partial charge in [-0.3, -0.25) is 9.78 Å². The molecule has 116 valence electrons. The van der Waals surface area contributed by atoms with Crippen molar-refractivity contribution >= 4 is 5.91 Å². The minimum absolute atomic E-state index is 0.227. The fraction of sp³-hybridized carbons (Fsp3) is 0.111. The van der Waals surface area contributed by atoms with Gasteiger partial charge in [0.05, 0.1) is 18.0 Å². The highest BCUT2D eigenvalue weighted by Gasteiger charge is 2.27. The smallest absolute Gasteiger partial charge is 0.290 e. The minimum Gasteiger partial charge on any atom is -0.459 e. The van der Waals surface area contributed by atoms with Crippen LogP contribution in [-0.2, 0) is 0 Å². The van der Waals surface area contributed by atoms with E-state index in [0.29, 0.717) is 11.3 Å². The maximum absolute atomic E-state index is 13.6. The number of rotatable bonds is 4. The third-order valence-electron chi connectivity index (χ3n) is 3.57. The zero-order valence-corrected chi connectivity index (χ0v) is 12.5. The summed E-state index contributed by atoms with van der Waals surface area (Å²) in [5.41, 5.74) is 1.30. The Morgan fingerprint density at radius 2 is 2.04 bits per heavy atom. The predicted molar refractivity (Wildman–Crippen MR) is 83.3 cm³/mol. The molecule has 1 aromatic carbocycles. The quantitative estimate of drug-likeness (QED) is 0.738. The van der Waals surface area contributed by atoms with Gasteiger partial charge in [-0.15, -0.1) is 0 Å². The van der Waals surface area contributed by atoms with Crippen molar-refractivity contribution in [1.82, 2.24) is 9.88 Å². The Morgan fingerprint density at radius 3 is 2.70 bits per heavy atom. The molecule has 0 radical (unpaired) electrons. The third kappa shape index (κ3) is 3.13. The topological polar surface area (TPSA) is 46.3 Å². The second-order valence-corrected chi connectivity index (χ2v) is 5.11. The van der Waals surface area contributed by atoms with E-state index in [1.807, 2.05) is 12.1 Å². The molecule has 1 unspecified atom stereocenters. The first-order chi connectivity index (χ1) is 11.2. The number of carbonyl (C=O) groups excluding carboxylic acids is 1. The van der Waals surface area contributed by atoms with Gasteiger partial charge < -0.3 is 9.32 Å². The summed E-state index contributed by atoms with van der Waals surface area (Å²) in [6.45, 7) is 0. The lowest BCUT2D eigenvalue weighted by molar-refractivity contribution is 0.0720. The second kappa shape index (κ2) is 6.44. The molecule has 0 fully saturated rings. The molecule has 0 aliphatic carbocycles. The van der Waals surface area contributed by atoms with E-state index in [2.05, 4.69) is 4.98 Å². The summed E-state index contributed by atoms with van der Waals surface area (Å²) in [6, 6.07) is 14.3. The molecule has 0 saturated carbocycles. The number of nitrogens with zero attached hydrogens (tertiary/aromatic N) is 2. The fourth-order valence-corrected chi connectivity index (χ4v) is 2.50. The number of aromatic nitrogens is 1. The first kappa shape index (κ1) is 15.0. The SMILES string of the molecule is CN(C(=O)c1ccco1)C(c1cccc(F)c1)c1ccccn1. The number of furan rings is 1. The van der Waals surface area contributed by atoms with E-state index in [-0.39, 0.29) is 17.5 Å². The maximum Gasteiger partial charge on any atom is 0.290 e. The molecule has 0 aliphatic heterocycles.